The van der Waals surface area contributed by atoms with Crippen molar-refractivity contribution in [2.45, 2.75) is 12.5 Å². The summed E-state index contributed by atoms with van der Waals surface area (Å²) in [4.78, 5) is 15.0. The van der Waals surface area contributed by atoms with Gasteiger partial charge in [-0.2, -0.15) is 0 Å². The van der Waals surface area contributed by atoms with Gasteiger partial charge in [-0.25, -0.2) is 0 Å². The van der Waals surface area contributed by atoms with Crippen LogP contribution in [0.25, 0.3) is 0 Å². The number of carbonyl (C=O) groups excluding carboxylic acids is 1. The van der Waals surface area contributed by atoms with Crippen LogP contribution in [0.15, 0.2) is 48.7 Å². The Balaban J connectivity index is 2.06. The summed E-state index contributed by atoms with van der Waals surface area (Å²) in [5.41, 5.74) is 7.23. The lowest BCUT2D eigenvalue weighted by Gasteiger charge is -2.17. The highest BCUT2D eigenvalue weighted by molar-refractivity contribution is 5.91. The molecule has 1 amide bonds. The Morgan fingerprint density at radius 2 is 2.05 bits per heavy atom. The summed E-state index contributed by atoms with van der Waals surface area (Å²) in [7, 11) is 0. The number of primary amides is 1. The van der Waals surface area contributed by atoms with Gasteiger partial charge in [-0.05, 0) is 24.1 Å². The fourth-order valence-electron chi connectivity index (χ4n) is 1.95. The smallest absolute Gasteiger partial charge is 0.267 e. The lowest BCUT2D eigenvalue weighted by molar-refractivity contribution is 0.0995. The molecule has 1 atom stereocenters. The molecule has 104 valence electrons. The molecule has 1 aromatic carbocycles. The molecule has 2 rings (SSSR count). The minimum Gasteiger partial charge on any atom is -0.394 e. The zero-order valence-electron chi connectivity index (χ0n) is 11.0. The Hall–Kier alpha value is -2.40. The average Bonchev–Trinajstić information content (AvgIpc) is 2.48. The molecule has 2 aromatic rings. The zero-order valence-corrected chi connectivity index (χ0v) is 11.0. The molecule has 0 aliphatic carbocycles. The van der Waals surface area contributed by atoms with E-state index in [1.54, 1.807) is 12.1 Å². The van der Waals surface area contributed by atoms with E-state index in [-0.39, 0.29) is 18.3 Å². The van der Waals surface area contributed by atoms with Crippen LogP contribution in [0.5, 0.6) is 0 Å². The third kappa shape index (κ3) is 3.80. The van der Waals surface area contributed by atoms with Crippen molar-refractivity contribution < 1.29 is 9.90 Å². The second kappa shape index (κ2) is 6.68. The molecule has 20 heavy (non-hydrogen) atoms. The van der Waals surface area contributed by atoms with E-state index in [1.807, 2.05) is 30.3 Å². The molecule has 4 N–H and O–H groups in total. The number of nitrogens with two attached hydrogens (primary N) is 1. The molecule has 1 aromatic heterocycles. The van der Waals surface area contributed by atoms with E-state index < -0.39 is 5.91 Å². The Morgan fingerprint density at radius 3 is 2.70 bits per heavy atom. The topological polar surface area (TPSA) is 88.2 Å². The van der Waals surface area contributed by atoms with Crippen LogP contribution in [-0.4, -0.2) is 28.6 Å². The number of aliphatic hydroxyl groups is 1. The first-order chi connectivity index (χ1) is 9.69. The van der Waals surface area contributed by atoms with E-state index in [4.69, 9.17) is 5.73 Å². The van der Waals surface area contributed by atoms with Crippen LogP contribution in [0.4, 0.5) is 5.69 Å². The van der Waals surface area contributed by atoms with Gasteiger partial charge in [0, 0.05) is 11.9 Å². The number of rotatable bonds is 6. The number of aliphatic hydroxyl groups excluding tert-OH is 1. The van der Waals surface area contributed by atoms with Crippen LogP contribution in [0.3, 0.4) is 0 Å². The number of benzene rings is 1. The van der Waals surface area contributed by atoms with E-state index in [9.17, 15) is 9.90 Å². The summed E-state index contributed by atoms with van der Waals surface area (Å²) in [6.07, 6.45) is 2.20. The van der Waals surface area contributed by atoms with Crippen molar-refractivity contribution in [1.82, 2.24) is 4.98 Å². The summed E-state index contributed by atoms with van der Waals surface area (Å²) in [6.45, 7) is -0.0108. The fraction of sp³-hybridized carbons (Fsp3) is 0.200. The third-order valence-electron chi connectivity index (χ3n) is 2.93. The summed E-state index contributed by atoms with van der Waals surface area (Å²) >= 11 is 0. The van der Waals surface area contributed by atoms with Crippen molar-refractivity contribution in [2.75, 3.05) is 11.9 Å². The first-order valence-electron chi connectivity index (χ1n) is 6.36. The fourth-order valence-corrected chi connectivity index (χ4v) is 1.95. The normalized spacial score (nSPS) is 11.8. The van der Waals surface area contributed by atoms with Crippen molar-refractivity contribution >= 4 is 11.6 Å². The van der Waals surface area contributed by atoms with E-state index >= 15 is 0 Å². The molecule has 0 bridgehead atoms. The molecule has 0 saturated heterocycles. The Labute approximate surface area is 117 Å². The summed E-state index contributed by atoms with van der Waals surface area (Å²) in [6, 6.07) is 13.1. The highest BCUT2D eigenvalue weighted by atomic mass is 16.3. The molecule has 0 saturated carbocycles. The SMILES string of the molecule is NC(=O)c1cc(NC(CO)Cc2ccccc2)ccn1. The van der Waals surface area contributed by atoms with Gasteiger partial charge in [0.1, 0.15) is 5.69 Å². The largest absolute Gasteiger partial charge is 0.394 e. The second-order valence-corrected chi connectivity index (χ2v) is 4.51. The maximum absolute atomic E-state index is 11.1. The van der Waals surface area contributed by atoms with E-state index in [0.29, 0.717) is 12.1 Å². The number of hydrogen-bond donors (Lipinski definition) is 3. The number of pyridine rings is 1. The minimum atomic E-state index is -0.572. The number of aromatic nitrogens is 1. The summed E-state index contributed by atoms with van der Waals surface area (Å²) in [5.74, 6) is -0.572. The molecule has 0 radical (unpaired) electrons. The number of anilines is 1. The summed E-state index contributed by atoms with van der Waals surface area (Å²) in [5, 5.41) is 12.6. The van der Waals surface area contributed by atoms with Crippen LogP contribution >= 0.6 is 0 Å². The number of carbonyl (C=O) groups is 1. The van der Waals surface area contributed by atoms with Crippen molar-refractivity contribution in [2.24, 2.45) is 5.73 Å². The molecule has 0 fully saturated rings. The molecule has 0 aliphatic heterocycles. The van der Waals surface area contributed by atoms with Gasteiger partial charge in [0.2, 0.25) is 0 Å². The lowest BCUT2D eigenvalue weighted by atomic mass is 10.1. The molecule has 1 unspecified atom stereocenters. The van der Waals surface area contributed by atoms with Gasteiger partial charge >= 0.3 is 0 Å². The molecular weight excluding hydrogens is 254 g/mol. The van der Waals surface area contributed by atoms with Gasteiger partial charge in [0.15, 0.2) is 0 Å². The van der Waals surface area contributed by atoms with Crippen molar-refractivity contribution in [3.8, 4) is 0 Å². The lowest BCUT2D eigenvalue weighted by Crippen LogP contribution is -2.26. The van der Waals surface area contributed by atoms with Gasteiger partial charge in [-0.3, -0.25) is 9.78 Å². The number of hydrogen-bond acceptors (Lipinski definition) is 4. The zero-order chi connectivity index (χ0) is 14.4. The van der Waals surface area contributed by atoms with Gasteiger partial charge in [-0.15, -0.1) is 0 Å². The predicted molar refractivity (Wildman–Crippen MR) is 77.4 cm³/mol. The van der Waals surface area contributed by atoms with Gasteiger partial charge in [0.25, 0.3) is 5.91 Å². The molecule has 0 spiro atoms. The van der Waals surface area contributed by atoms with Crippen LogP contribution < -0.4 is 11.1 Å². The number of nitrogens with one attached hydrogen (secondary N) is 1. The van der Waals surface area contributed by atoms with Crippen molar-refractivity contribution in [3.05, 3.63) is 59.9 Å². The average molecular weight is 271 g/mol. The monoisotopic (exact) mass is 271 g/mol. The first kappa shape index (κ1) is 14.0. The first-order valence-corrected chi connectivity index (χ1v) is 6.36. The quantitative estimate of drug-likeness (QED) is 0.736. The van der Waals surface area contributed by atoms with Gasteiger partial charge in [-0.1, -0.05) is 30.3 Å². The molecule has 0 aliphatic rings. The van der Waals surface area contributed by atoms with Gasteiger partial charge < -0.3 is 16.2 Å². The van der Waals surface area contributed by atoms with Crippen molar-refractivity contribution in [1.29, 1.82) is 0 Å². The highest BCUT2D eigenvalue weighted by Crippen LogP contribution is 2.12. The van der Waals surface area contributed by atoms with E-state index in [1.165, 1.54) is 6.20 Å². The van der Waals surface area contributed by atoms with Crippen LogP contribution in [0.1, 0.15) is 16.1 Å². The minimum absolute atomic E-state index is 0.0108. The van der Waals surface area contributed by atoms with E-state index in [2.05, 4.69) is 10.3 Å². The van der Waals surface area contributed by atoms with Crippen LogP contribution in [0, 0.1) is 0 Å². The number of amides is 1. The highest BCUT2D eigenvalue weighted by Gasteiger charge is 2.10. The maximum Gasteiger partial charge on any atom is 0.267 e. The molecular formula is C15H17N3O2. The predicted octanol–water partition coefficient (Wildman–Crippen LogP) is 1.20. The second-order valence-electron chi connectivity index (χ2n) is 4.51. The molecule has 5 nitrogen and oxygen atoms in total. The van der Waals surface area contributed by atoms with Crippen LogP contribution in [0.2, 0.25) is 0 Å². The molecule has 1 heterocycles. The van der Waals surface area contributed by atoms with Crippen molar-refractivity contribution in [3.63, 3.8) is 0 Å². The summed E-state index contributed by atoms with van der Waals surface area (Å²) < 4.78 is 0. The Morgan fingerprint density at radius 1 is 1.30 bits per heavy atom. The maximum atomic E-state index is 11.1. The standard InChI is InChI=1S/C15H17N3O2/c16-15(20)14-9-12(6-7-17-14)18-13(10-19)8-11-4-2-1-3-5-11/h1-7,9,13,19H,8,10H2,(H2,16,20)(H,17,18). The van der Waals surface area contributed by atoms with Crippen LogP contribution in [-0.2, 0) is 6.42 Å². The Kier molecular flexibility index (Phi) is 4.68. The molecule has 5 heteroatoms. The van der Waals surface area contributed by atoms with Gasteiger partial charge in [0.05, 0.1) is 12.6 Å². The van der Waals surface area contributed by atoms with E-state index in [0.717, 1.165) is 5.56 Å². The third-order valence-corrected chi connectivity index (χ3v) is 2.93. The Bertz CT molecular complexity index is 572. The number of nitrogens with zero attached hydrogens (tertiary/aromatic N) is 1.